The van der Waals surface area contributed by atoms with Gasteiger partial charge in [0.1, 0.15) is 10.4 Å². The zero-order valence-corrected chi connectivity index (χ0v) is 17.8. The molecule has 0 spiro atoms. The maximum absolute atomic E-state index is 13.1. The fourth-order valence-corrected chi connectivity index (χ4v) is 5.18. The van der Waals surface area contributed by atoms with E-state index in [1.165, 1.54) is 15.4 Å². The zero-order valence-electron chi connectivity index (χ0n) is 17.0. The second kappa shape index (κ2) is 7.51. The first-order valence-electron chi connectivity index (χ1n) is 9.78. The van der Waals surface area contributed by atoms with Crippen LogP contribution in [0.2, 0.25) is 0 Å². The van der Waals surface area contributed by atoms with Crippen molar-refractivity contribution >= 4 is 21.1 Å². The van der Waals surface area contributed by atoms with Gasteiger partial charge in [0.15, 0.2) is 5.52 Å². The van der Waals surface area contributed by atoms with Crippen LogP contribution in [0.1, 0.15) is 31.9 Å². The van der Waals surface area contributed by atoms with Gasteiger partial charge in [-0.3, -0.25) is 4.90 Å². The molecule has 1 aliphatic rings. The highest BCUT2D eigenvalue weighted by atomic mass is 32.2. The maximum atomic E-state index is 13.1. The predicted octanol–water partition coefficient (Wildman–Crippen LogP) is 3.03. The van der Waals surface area contributed by atoms with Crippen molar-refractivity contribution in [2.24, 2.45) is 0 Å². The molecule has 2 aromatic carbocycles. The first-order chi connectivity index (χ1) is 13.7. The zero-order chi connectivity index (χ0) is 20.6. The Kier molecular flexibility index (Phi) is 5.18. The first-order valence-corrected chi connectivity index (χ1v) is 11.2. The van der Waals surface area contributed by atoms with Crippen LogP contribution >= 0.6 is 0 Å². The normalized spacial score (nSPS) is 17.1. The molecule has 0 radical (unpaired) electrons. The molecule has 1 aromatic heterocycles. The third-order valence-electron chi connectivity index (χ3n) is 5.42. The highest BCUT2D eigenvalue weighted by Crippen LogP contribution is 2.25. The molecule has 0 N–H and O–H groups in total. The van der Waals surface area contributed by atoms with Gasteiger partial charge in [0.05, 0.1) is 0 Å². The fraction of sp³-hybridized carbons (Fsp3) is 0.429. The highest BCUT2D eigenvalue weighted by Gasteiger charge is 2.31. The van der Waals surface area contributed by atoms with Gasteiger partial charge in [0, 0.05) is 32.7 Å². The van der Waals surface area contributed by atoms with Crippen LogP contribution in [0.25, 0.3) is 11.0 Å². The van der Waals surface area contributed by atoms with E-state index in [-0.39, 0.29) is 15.8 Å². The summed E-state index contributed by atoms with van der Waals surface area (Å²) >= 11 is 0. The average molecular weight is 415 g/mol. The van der Waals surface area contributed by atoms with E-state index in [4.69, 9.17) is 4.63 Å². The van der Waals surface area contributed by atoms with Crippen molar-refractivity contribution < 1.29 is 13.0 Å². The maximum Gasteiger partial charge on any atom is 0.245 e. The van der Waals surface area contributed by atoms with Gasteiger partial charge in [0.2, 0.25) is 10.0 Å². The second-order valence-electron chi connectivity index (χ2n) is 8.52. The van der Waals surface area contributed by atoms with E-state index in [9.17, 15) is 8.42 Å². The molecule has 0 unspecified atom stereocenters. The minimum atomic E-state index is -3.63. The molecule has 1 fully saturated rings. The van der Waals surface area contributed by atoms with Gasteiger partial charge in [-0.25, -0.2) is 13.0 Å². The van der Waals surface area contributed by atoms with Crippen molar-refractivity contribution in [3.05, 3.63) is 53.6 Å². The summed E-state index contributed by atoms with van der Waals surface area (Å²) in [5, 5.41) is 7.51. The molecular weight excluding hydrogens is 388 g/mol. The Morgan fingerprint density at radius 3 is 2.31 bits per heavy atom. The van der Waals surface area contributed by atoms with Crippen LogP contribution in [0.3, 0.4) is 0 Å². The number of nitrogens with zero attached hydrogens (tertiary/aromatic N) is 4. The standard InChI is InChI=1S/C21H26N4O3S/c1-21(2,3)17-9-7-16(8-10-17)15-24-11-13-25(14-12-24)29(26,27)19-6-4-5-18-20(19)23-28-22-18/h4-10H,11-15H2,1-3H3. The van der Waals surface area contributed by atoms with Gasteiger partial charge in [-0.2, -0.15) is 4.31 Å². The number of rotatable bonds is 4. The van der Waals surface area contributed by atoms with Gasteiger partial charge >= 0.3 is 0 Å². The summed E-state index contributed by atoms with van der Waals surface area (Å²) in [4.78, 5) is 2.44. The van der Waals surface area contributed by atoms with E-state index in [1.807, 2.05) is 0 Å². The minimum Gasteiger partial charge on any atom is -0.296 e. The van der Waals surface area contributed by atoms with Gasteiger partial charge < -0.3 is 0 Å². The molecule has 7 nitrogen and oxygen atoms in total. The number of piperazine rings is 1. The Morgan fingerprint density at radius 1 is 0.966 bits per heavy atom. The minimum absolute atomic E-state index is 0.140. The quantitative estimate of drug-likeness (QED) is 0.653. The summed E-state index contributed by atoms with van der Waals surface area (Å²) in [5.74, 6) is 0. The largest absolute Gasteiger partial charge is 0.296 e. The summed E-state index contributed by atoms with van der Waals surface area (Å²) in [6.07, 6.45) is 0. The molecule has 3 aromatic rings. The van der Waals surface area contributed by atoms with Crippen molar-refractivity contribution in [3.8, 4) is 0 Å². The summed E-state index contributed by atoms with van der Waals surface area (Å²) in [5.41, 5.74) is 3.43. The number of aromatic nitrogens is 2. The van der Waals surface area contributed by atoms with E-state index >= 15 is 0 Å². The SMILES string of the molecule is CC(C)(C)c1ccc(CN2CCN(S(=O)(=O)c3cccc4nonc34)CC2)cc1. The van der Waals surface area contributed by atoms with Gasteiger partial charge in [-0.15, -0.1) is 0 Å². The van der Waals surface area contributed by atoms with Crippen molar-refractivity contribution in [2.75, 3.05) is 26.2 Å². The van der Waals surface area contributed by atoms with Crippen molar-refractivity contribution in [3.63, 3.8) is 0 Å². The van der Waals surface area contributed by atoms with Crippen LogP contribution in [0.5, 0.6) is 0 Å². The molecular formula is C21H26N4O3S. The molecule has 0 aliphatic carbocycles. The number of sulfonamides is 1. The lowest BCUT2D eigenvalue weighted by Gasteiger charge is -2.34. The van der Waals surface area contributed by atoms with Crippen LogP contribution < -0.4 is 0 Å². The molecule has 4 rings (SSSR count). The molecule has 2 heterocycles. The molecule has 1 saturated heterocycles. The average Bonchev–Trinajstić information content (AvgIpc) is 3.17. The van der Waals surface area contributed by atoms with Crippen LogP contribution in [-0.2, 0) is 22.0 Å². The van der Waals surface area contributed by atoms with Crippen molar-refractivity contribution in [1.29, 1.82) is 0 Å². The van der Waals surface area contributed by atoms with Gasteiger partial charge in [-0.1, -0.05) is 51.1 Å². The summed E-state index contributed by atoms with van der Waals surface area (Å²) in [6, 6.07) is 13.6. The Labute approximate surface area is 171 Å². The van der Waals surface area contributed by atoms with E-state index in [0.717, 1.165) is 6.54 Å². The molecule has 8 heteroatoms. The molecule has 0 saturated carbocycles. The van der Waals surface area contributed by atoms with Crippen LogP contribution in [0.15, 0.2) is 52.0 Å². The van der Waals surface area contributed by atoms with Crippen molar-refractivity contribution in [1.82, 2.24) is 19.5 Å². The monoisotopic (exact) mass is 414 g/mol. The Bertz CT molecular complexity index is 1090. The van der Waals surface area contributed by atoms with E-state index in [0.29, 0.717) is 31.7 Å². The van der Waals surface area contributed by atoms with Gasteiger partial charge in [0.25, 0.3) is 0 Å². The summed E-state index contributed by atoms with van der Waals surface area (Å²) < 4.78 is 32.4. The molecule has 0 amide bonds. The topological polar surface area (TPSA) is 79.5 Å². The second-order valence-corrected chi connectivity index (χ2v) is 10.4. The lowest BCUT2D eigenvalue weighted by Crippen LogP contribution is -2.48. The number of fused-ring (bicyclic) bond motifs is 1. The van der Waals surface area contributed by atoms with Gasteiger partial charge in [-0.05, 0) is 39.0 Å². The lowest BCUT2D eigenvalue weighted by molar-refractivity contribution is 0.181. The van der Waals surface area contributed by atoms with Crippen molar-refractivity contribution in [2.45, 2.75) is 37.6 Å². The molecule has 1 aliphatic heterocycles. The van der Waals surface area contributed by atoms with Crippen LogP contribution in [-0.4, -0.2) is 54.1 Å². The molecule has 0 atom stereocenters. The van der Waals surface area contributed by atoms with Crippen LogP contribution in [0, 0.1) is 0 Å². The molecule has 29 heavy (non-hydrogen) atoms. The number of hydrogen-bond acceptors (Lipinski definition) is 6. The Hall–Kier alpha value is -2.29. The van der Waals surface area contributed by atoms with Crippen LogP contribution in [0.4, 0.5) is 0 Å². The summed E-state index contributed by atoms with van der Waals surface area (Å²) in [7, 11) is -3.63. The molecule has 154 valence electrons. The third-order valence-corrected chi connectivity index (χ3v) is 7.35. The Morgan fingerprint density at radius 2 is 1.66 bits per heavy atom. The predicted molar refractivity (Wildman–Crippen MR) is 111 cm³/mol. The number of benzene rings is 2. The molecule has 0 bridgehead atoms. The first kappa shape index (κ1) is 20.0. The highest BCUT2D eigenvalue weighted by molar-refractivity contribution is 7.89. The lowest BCUT2D eigenvalue weighted by atomic mass is 9.87. The van der Waals surface area contributed by atoms with E-state index in [1.54, 1.807) is 18.2 Å². The summed E-state index contributed by atoms with van der Waals surface area (Å²) in [6.45, 7) is 9.71. The number of hydrogen-bond donors (Lipinski definition) is 0. The third kappa shape index (κ3) is 4.05. The fourth-order valence-electron chi connectivity index (χ4n) is 3.62. The van der Waals surface area contributed by atoms with E-state index in [2.05, 4.69) is 60.2 Å². The smallest absolute Gasteiger partial charge is 0.245 e. The van der Waals surface area contributed by atoms with E-state index < -0.39 is 10.0 Å². The Balaban J connectivity index is 1.42.